The Hall–Kier alpha value is -1.14. The average Bonchev–Trinajstić information content (AvgIpc) is 2.38. The lowest BCUT2D eigenvalue weighted by atomic mass is 9.66. The summed E-state index contributed by atoms with van der Waals surface area (Å²) >= 11 is 0. The van der Waals surface area contributed by atoms with Gasteiger partial charge in [0.1, 0.15) is 6.54 Å². The third-order valence-electron chi connectivity index (χ3n) is 3.92. The fraction of sp³-hybridized carbons (Fsp3) is 0.857. The van der Waals surface area contributed by atoms with E-state index in [0.29, 0.717) is 32.7 Å². The summed E-state index contributed by atoms with van der Waals surface area (Å²) in [6.45, 7) is 3.37. The fourth-order valence-corrected chi connectivity index (χ4v) is 2.42. The topological polar surface area (TPSA) is 81.9 Å². The Morgan fingerprint density at radius 1 is 1.35 bits per heavy atom. The van der Waals surface area contributed by atoms with Crippen molar-refractivity contribution in [2.24, 2.45) is 11.1 Å². The highest BCUT2D eigenvalue weighted by Crippen LogP contribution is 2.43. The minimum Gasteiger partial charge on any atom is -0.465 e. The van der Waals surface area contributed by atoms with E-state index in [-0.39, 0.29) is 23.8 Å². The molecule has 2 N–H and O–H groups in total. The summed E-state index contributed by atoms with van der Waals surface area (Å²) < 4.78 is 9.89. The van der Waals surface area contributed by atoms with Gasteiger partial charge in [0.15, 0.2) is 0 Å². The standard InChI is InChI=1S/C14H26N2O4/c1-3-20-13(18)10-16(7-8-19-2)12(17)9-14(11-15)5-4-6-14/h3-11,15H2,1-2H3. The van der Waals surface area contributed by atoms with Gasteiger partial charge in [0.2, 0.25) is 5.91 Å². The van der Waals surface area contributed by atoms with E-state index >= 15 is 0 Å². The first-order valence-corrected chi connectivity index (χ1v) is 7.19. The van der Waals surface area contributed by atoms with Gasteiger partial charge in [0.05, 0.1) is 13.2 Å². The minimum absolute atomic E-state index is 0.0172. The van der Waals surface area contributed by atoms with Crippen LogP contribution in [0.1, 0.15) is 32.6 Å². The number of hydrogen-bond donors (Lipinski definition) is 1. The lowest BCUT2D eigenvalue weighted by molar-refractivity contribution is -0.150. The molecule has 1 aliphatic rings. The molecule has 0 radical (unpaired) electrons. The Kier molecular flexibility index (Phi) is 6.95. The maximum atomic E-state index is 12.4. The molecule has 1 aliphatic carbocycles. The largest absolute Gasteiger partial charge is 0.465 e. The minimum atomic E-state index is -0.382. The maximum absolute atomic E-state index is 12.4. The number of amides is 1. The Bertz CT molecular complexity index is 324. The smallest absolute Gasteiger partial charge is 0.325 e. The summed E-state index contributed by atoms with van der Waals surface area (Å²) in [4.78, 5) is 25.4. The zero-order valence-electron chi connectivity index (χ0n) is 12.5. The first-order valence-electron chi connectivity index (χ1n) is 7.19. The predicted molar refractivity (Wildman–Crippen MR) is 75.0 cm³/mol. The monoisotopic (exact) mass is 286 g/mol. The Morgan fingerprint density at radius 2 is 2.05 bits per heavy atom. The quantitative estimate of drug-likeness (QED) is 0.626. The SMILES string of the molecule is CCOC(=O)CN(CCOC)C(=O)CC1(CN)CCC1. The van der Waals surface area contributed by atoms with Gasteiger partial charge in [0, 0.05) is 20.1 Å². The van der Waals surface area contributed by atoms with Crippen molar-refractivity contribution in [1.82, 2.24) is 4.90 Å². The van der Waals surface area contributed by atoms with Gasteiger partial charge in [-0.15, -0.1) is 0 Å². The van der Waals surface area contributed by atoms with E-state index in [1.54, 1.807) is 14.0 Å². The number of esters is 1. The number of carbonyl (C=O) groups is 2. The zero-order valence-corrected chi connectivity index (χ0v) is 12.5. The highest BCUT2D eigenvalue weighted by Gasteiger charge is 2.38. The highest BCUT2D eigenvalue weighted by atomic mass is 16.5. The van der Waals surface area contributed by atoms with Crippen LogP contribution >= 0.6 is 0 Å². The normalized spacial score (nSPS) is 16.4. The first kappa shape index (κ1) is 16.9. The van der Waals surface area contributed by atoms with Gasteiger partial charge in [-0.3, -0.25) is 9.59 Å². The summed E-state index contributed by atoms with van der Waals surface area (Å²) in [6, 6.07) is 0. The van der Waals surface area contributed by atoms with Gasteiger partial charge in [-0.1, -0.05) is 6.42 Å². The molecule has 0 aromatic rings. The molecular weight excluding hydrogens is 260 g/mol. The maximum Gasteiger partial charge on any atom is 0.325 e. The molecule has 0 bridgehead atoms. The molecule has 6 heteroatoms. The van der Waals surface area contributed by atoms with Gasteiger partial charge >= 0.3 is 5.97 Å². The van der Waals surface area contributed by atoms with Crippen molar-refractivity contribution in [3.05, 3.63) is 0 Å². The highest BCUT2D eigenvalue weighted by molar-refractivity contribution is 5.82. The van der Waals surface area contributed by atoms with Crippen LogP contribution in [0.2, 0.25) is 0 Å². The lowest BCUT2D eigenvalue weighted by Gasteiger charge is -2.41. The van der Waals surface area contributed by atoms with Gasteiger partial charge in [-0.25, -0.2) is 0 Å². The van der Waals surface area contributed by atoms with Crippen LogP contribution in [0, 0.1) is 5.41 Å². The number of methoxy groups -OCH3 is 1. The molecule has 1 amide bonds. The van der Waals surface area contributed by atoms with E-state index in [2.05, 4.69) is 0 Å². The molecule has 20 heavy (non-hydrogen) atoms. The van der Waals surface area contributed by atoms with Crippen molar-refractivity contribution in [1.29, 1.82) is 0 Å². The first-order chi connectivity index (χ1) is 9.56. The Labute approximate surface area is 120 Å². The second-order valence-corrected chi connectivity index (χ2v) is 5.35. The molecule has 0 aromatic heterocycles. The van der Waals surface area contributed by atoms with Crippen LogP contribution in [0.25, 0.3) is 0 Å². The van der Waals surface area contributed by atoms with Crippen LogP contribution in [0.5, 0.6) is 0 Å². The molecule has 6 nitrogen and oxygen atoms in total. The summed E-state index contributed by atoms with van der Waals surface area (Å²) in [5, 5.41) is 0. The molecule has 0 spiro atoms. The summed E-state index contributed by atoms with van der Waals surface area (Å²) in [5.74, 6) is -0.424. The van der Waals surface area contributed by atoms with Gasteiger partial charge < -0.3 is 20.1 Å². The summed E-state index contributed by atoms with van der Waals surface area (Å²) in [7, 11) is 1.57. The van der Waals surface area contributed by atoms with Crippen LogP contribution in [0.3, 0.4) is 0 Å². The summed E-state index contributed by atoms with van der Waals surface area (Å²) in [6.07, 6.45) is 3.52. The molecule has 0 aromatic carbocycles. The molecule has 116 valence electrons. The Morgan fingerprint density at radius 3 is 2.50 bits per heavy atom. The molecule has 0 unspecified atom stereocenters. The van der Waals surface area contributed by atoms with Crippen LogP contribution in [0.4, 0.5) is 0 Å². The third-order valence-corrected chi connectivity index (χ3v) is 3.92. The van der Waals surface area contributed by atoms with Crippen LogP contribution in [-0.2, 0) is 19.1 Å². The van der Waals surface area contributed by atoms with Crippen molar-refractivity contribution < 1.29 is 19.1 Å². The number of carbonyl (C=O) groups excluding carboxylic acids is 2. The van der Waals surface area contributed by atoms with E-state index in [1.807, 2.05) is 0 Å². The van der Waals surface area contributed by atoms with Crippen molar-refractivity contribution >= 4 is 11.9 Å². The second-order valence-electron chi connectivity index (χ2n) is 5.35. The van der Waals surface area contributed by atoms with Crippen LogP contribution in [-0.4, -0.2) is 56.7 Å². The number of rotatable bonds is 9. The number of nitrogens with two attached hydrogens (primary N) is 1. The zero-order chi connectivity index (χ0) is 15.0. The van der Waals surface area contributed by atoms with Crippen LogP contribution < -0.4 is 5.73 Å². The van der Waals surface area contributed by atoms with Crippen molar-refractivity contribution in [2.75, 3.05) is 40.0 Å². The van der Waals surface area contributed by atoms with Crippen molar-refractivity contribution in [3.8, 4) is 0 Å². The van der Waals surface area contributed by atoms with Gasteiger partial charge in [-0.2, -0.15) is 0 Å². The average molecular weight is 286 g/mol. The number of nitrogens with zero attached hydrogens (tertiary/aromatic N) is 1. The van der Waals surface area contributed by atoms with Crippen molar-refractivity contribution in [2.45, 2.75) is 32.6 Å². The molecule has 1 saturated carbocycles. The van der Waals surface area contributed by atoms with E-state index in [9.17, 15) is 9.59 Å². The second kappa shape index (κ2) is 8.21. The fourth-order valence-electron chi connectivity index (χ4n) is 2.42. The van der Waals surface area contributed by atoms with Gasteiger partial charge in [-0.05, 0) is 31.7 Å². The number of ether oxygens (including phenoxy) is 2. The molecule has 0 saturated heterocycles. The third kappa shape index (κ3) is 4.76. The molecule has 1 fully saturated rings. The summed E-state index contributed by atoms with van der Waals surface area (Å²) in [5.41, 5.74) is 5.72. The molecule has 0 aliphatic heterocycles. The van der Waals surface area contributed by atoms with Gasteiger partial charge in [0.25, 0.3) is 0 Å². The molecule has 0 heterocycles. The molecule has 0 atom stereocenters. The van der Waals surface area contributed by atoms with Crippen LogP contribution in [0.15, 0.2) is 0 Å². The molecule has 1 rings (SSSR count). The number of hydrogen-bond acceptors (Lipinski definition) is 5. The lowest BCUT2D eigenvalue weighted by Crippen LogP contribution is -2.45. The predicted octanol–water partition coefficient (Wildman–Crippen LogP) is 0.544. The van der Waals surface area contributed by atoms with Crippen molar-refractivity contribution in [3.63, 3.8) is 0 Å². The van der Waals surface area contributed by atoms with E-state index in [0.717, 1.165) is 19.3 Å². The van der Waals surface area contributed by atoms with E-state index in [1.165, 1.54) is 4.90 Å². The van der Waals surface area contributed by atoms with E-state index < -0.39 is 0 Å². The molecular formula is C14H26N2O4. The Balaban J connectivity index is 2.56. The van der Waals surface area contributed by atoms with E-state index in [4.69, 9.17) is 15.2 Å².